The van der Waals surface area contributed by atoms with Crippen molar-refractivity contribution in [1.29, 1.82) is 0 Å². The molecule has 2 aromatic rings. The molecule has 0 aromatic heterocycles. The summed E-state index contributed by atoms with van der Waals surface area (Å²) < 4.78 is 11.0. The van der Waals surface area contributed by atoms with Crippen LogP contribution in [0.15, 0.2) is 47.5 Å². The predicted octanol–water partition coefficient (Wildman–Crippen LogP) is 3.67. The molecule has 0 saturated carbocycles. The highest BCUT2D eigenvalue weighted by atomic mass is 127. The molecule has 0 aliphatic rings. The minimum Gasteiger partial charge on any atom is -0.493 e. The molecule has 2 N–H and O–H groups in total. The number of methoxy groups -OCH3 is 1. The van der Waals surface area contributed by atoms with Gasteiger partial charge in [-0.25, -0.2) is 4.99 Å². The van der Waals surface area contributed by atoms with Gasteiger partial charge in [0.25, 0.3) is 5.91 Å². The van der Waals surface area contributed by atoms with Crippen LogP contribution in [0.25, 0.3) is 0 Å². The van der Waals surface area contributed by atoms with Gasteiger partial charge >= 0.3 is 0 Å². The molecule has 0 spiro atoms. The van der Waals surface area contributed by atoms with Crippen LogP contribution in [0.2, 0.25) is 0 Å². The molecule has 0 atom stereocenters. The van der Waals surface area contributed by atoms with Crippen molar-refractivity contribution in [2.45, 2.75) is 26.9 Å². The van der Waals surface area contributed by atoms with Crippen molar-refractivity contribution >= 4 is 35.8 Å². The quantitative estimate of drug-likeness (QED) is 0.289. The number of benzene rings is 2. The fourth-order valence-corrected chi connectivity index (χ4v) is 2.81. The van der Waals surface area contributed by atoms with Gasteiger partial charge in [0.1, 0.15) is 0 Å². The normalized spacial score (nSPS) is 10.7. The first-order valence-corrected chi connectivity index (χ1v) is 10.1. The lowest BCUT2D eigenvalue weighted by atomic mass is 10.1. The second-order valence-electron chi connectivity index (χ2n) is 6.86. The van der Waals surface area contributed by atoms with Crippen LogP contribution in [0.1, 0.15) is 35.3 Å². The maximum Gasteiger partial charge on any atom is 0.253 e. The maximum atomic E-state index is 12.0. The molecule has 1 amide bonds. The summed E-state index contributed by atoms with van der Waals surface area (Å²) in [5.74, 6) is 2.15. The molecule has 0 saturated heterocycles. The number of hydrogen-bond acceptors (Lipinski definition) is 4. The fourth-order valence-electron chi connectivity index (χ4n) is 2.81. The fraction of sp³-hybridized carbons (Fsp3) is 0.391. The van der Waals surface area contributed by atoms with Crippen LogP contribution in [-0.4, -0.2) is 51.1 Å². The van der Waals surface area contributed by atoms with Gasteiger partial charge in [-0.2, -0.15) is 0 Å². The zero-order valence-electron chi connectivity index (χ0n) is 18.9. The van der Waals surface area contributed by atoms with Crippen molar-refractivity contribution in [3.05, 3.63) is 59.2 Å². The summed E-state index contributed by atoms with van der Waals surface area (Å²) in [6.07, 6.45) is 0. The largest absolute Gasteiger partial charge is 0.493 e. The lowest BCUT2D eigenvalue weighted by molar-refractivity contribution is 0.0827. The molecule has 0 heterocycles. The van der Waals surface area contributed by atoms with Gasteiger partial charge < -0.3 is 25.0 Å². The first-order chi connectivity index (χ1) is 14.5. The van der Waals surface area contributed by atoms with Crippen molar-refractivity contribution < 1.29 is 14.3 Å². The van der Waals surface area contributed by atoms with Gasteiger partial charge in [-0.1, -0.05) is 18.2 Å². The molecule has 2 aromatic carbocycles. The predicted molar refractivity (Wildman–Crippen MR) is 136 cm³/mol. The number of nitrogens with zero attached hydrogens (tertiary/aromatic N) is 2. The van der Waals surface area contributed by atoms with Crippen LogP contribution < -0.4 is 20.1 Å². The summed E-state index contributed by atoms with van der Waals surface area (Å²) in [6.45, 7) is 6.42. The van der Waals surface area contributed by atoms with Crippen molar-refractivity contribution in [3.8, 4) is 11.5 Å². The molecule has 8 heteroatoms. The number of hydrogen-bond donors (Lipinski definition) is 2. The van der Waals surface area contributed by atoms with E-state index in [0.29, 0.717) is 31.0 Å². The molecule has 7 nitrogen and oxygen atoms in total. The van der Waals surface area contributed by atoms with Crippen molar-refractivity contribution in [3.63, 3.8) is 0 Å². The van der Waals surface area contributed by atoms with E-state index in [2.05, 4.69) is 15.6 Å². The third-order valence-corrected chi connectivity index (χ3v) is 4.36. The standard InChI is InChI=1S/C23H32N4O3.HI/c1-6-24-23(25-15-17-8-11-19(12-9-17)22(28)27(3)4)26-16-18-10-13-20(29-5)21(14-18)30-7-2;/h8-14H,6-7,15-16H2,1-5H3,(H2,24,25,26);1H. The van der Waals surface area contributed by atoms with Crippen LogP contribution >= 0.6 is 24.0 Å². The van der Waals surface area contributed by atoms with Crippen molar-refractivity contribution in [2.75, 3.05) is 34.4 Å². The Kier molecular flexibility index (Phi) is 11.8. The number of aliphatic imine (C=N–C) groups is 1. The smallest absolute Gasteiger partial charge is 0.253 e. The first kappa shape index (κ1) is 26.5. The number of carbonyl (C=O) groups is 1. The molecule has 0 aliphatic carbocycles. The zero-order valence-corrected chi connectivity index (χ0v) is 21.2. The number of nitrogens with one attached hydrogen (secondary N) is 2. The zero-order chi connectivity index (χ0) is 21.9. The first-order valence-electron chi connectivity index (χ1n) is 10.1. The molecular weight excluding hydrogens is 507 g/mol. The van der Waals surface area contributed by atoms with Gasteiger partial charge in [-0.15, -0.1) is 24.0 Å². The molecule has 0 aliphatic heterocycles. The Morgan fingerprint density at radius 1 is 1.00 bits per heavy atom. The lowest BCUT2D eigenvalue weighted by Gasteiger charge is -2.13. The highest BCUT2D eigenvalue weighted by molar-refractivity contribution is 14.0. The highest BCUT2D eigenvalue weighted by Gasteiger charge is 2.08. The summed E-state index contributed by atoms with van der Waals surface area (Å²) in [7, 11) is 5.13. The molecule has 0 fully saturated rings. The van der Waals surface area contributed by atoms with Crippen LogP contribution in [-0.2, 0) is 13.1 Å². The van der Waals surface area contributed by atoms with E-state index in [0.717, 1.165) is 29.4 Å². The Hall–Kier alpha value is -2.49. The summed E-state index contributed by atoms with van der Waals surface area (Å²) in [5.41, 5.74) is 2.77. The molecule has 170 valence electrons. The Morgan fingerprint density at radius 3 is 2.26 bits per heavy atom. The number of amides is 1. The van der Waals surface area contributed by atoms with Gasteiger partial charge in [0, 0.05) is 32.7 Å². The maximum absolute atomic E-state index is 12.0. The Balaban J connectivity index is 0.00000480. The third-order valence-electron chi connectivity index (χ3n) is 4.36. The molecular formula is C23H33IN4O3. The van der Waals surface area contributed by atoms with Gasteiger partial charge in [0.2, 0.25) is 0 Å². The van der Waals surface area contributed by atoms with Crippen LogP contribution in [0.3, 0.4) is 0 Å². The van der Waals surface area contributed by atoms with E-state index < -0.39 is 0 Å². The van der Waals surface area contributed by atoms with Crippen LogP contribution in [0.5, 0.6) is 11.5 Å². The molecule has 0 unspecified atom stereocenters. The number of carbonyl (C=O) groups excluding carboxylic acids is 1. The van der Waals surface area contributed by atoms with E-state index in [-0.39, 0.29) is 29.9 Å². The lowest BCUT2D eigenvalue weighted by Crippen LogP contribution is -2.36. The van der Waals surface area contributed by atoms with Crippen molar-refractivity contribution in [1.82, 2.24) is 15.5 Å². The average molecular weight is 540 g/mol. The van der Waals surface area contributed by atoms with E-state index in [4.69, 9.17) is 9.47 Å². The SMILES string of the molecule is CCNC(=NCc1ccc(OC)c(OCC)c1)NCc1ccc(C(=O)N(C)C)cc1.I. The van der Waals surface area contributed by atoms with E-state index in [9.17, 15) is 4.79 Å². The van der Waals surface area contributed by atoms with Crippen LogP contribution in [0, 0.1) is 0 Å². The summed E-state index contributed by atoms with van der Waals surface area (Å²) in [5, 5.41) is 6.58. The second kappa shape index (κ2) is 13.7. The molecule has 0 bridgehead atoms. The van der Waals surface area contributed by atoms with Crippen LogP contribution in [0.4, 0.5) is 0 Å². The number of rotatable bonds is 9. The highest BCUT2D eigenvalue weighted by Crippen LogP contribution is 2.28. The molecule has 0 radical (unpaired) electrons. The van der Waals surface area contributed by atoms with Gasteiger partial charge in [0.05, 0.1) is 20.3 Å². The van der Waals surface area contributed by atoms with Gasteiger partial charge in [-0.05, 0) is 49.2 Å². The summed E-state index contributed by atoms with van der Waals surface area (Å²) >= 11 is 0. The van der Waals surface area contributed by atoms with E-state index in [1.807, 2.05) is 56.3 Å². The minimum atomic E-state index is -0.00433. The number of halogens is 1. The topological polar surface area (TPSA) is 75.2 Å². The minimum absolute atomic E-state index is 0. The average Bonchev–Trinajstić information content (AvgIpc) is 2.76. The van der Waals surface area contributed by atoms with Gasteiger partial charge in [-0.3, -0.25) is 4.79 Å². The van der Waals surface area contributed by atoms with E-state index in [1.165, 1.54) is 0 Å². The second-order valence-corrected chi connectivity index (χ2v) is 6.86. The third kappa shape index (κ3) is 8.28. The van der Waals surface area contributed by atoms with Gasteiger partial charge in [0.15, 0.2) is 17.5 Å². The summed E-state index contributed by atoms with van der Waals surface area (Å²) in [6, 6.07) is 13.4. The number of ether oxygens (including phenoxy) is 2. The molecule has 31 heavy (non-hydrogen) atoms. The number of guanidine groups is 1. The Bertz CT molecular complexity index is 854. The Labute approximate surface area is 202 Å². The van der Waals surface area contributed by atoms with E-state index in [1.54, 1.807) is 26.1 Å². The van der Waals surface area contributed by atoms with E-state index >= 15 is 0 Å². The van der Waals surface area contributed by atoms with Crippen molar-refractivity contribution in [2.24, 2.45) is 4.99 Å². The monoisotopic (exact) mass is 540 g/mol. The summed E-state index contributed by atoms with van der Waals surface area (Å²) in [4.78, 5) is 18.2. The molecule has 2 rings (SSSR count). The Morgan fingerprint density at radius 2 is 1.68 bits per heavy atom.